The minimum Gasteiger partial charge on any atom is -0.475 e. The van der Waals surface area contributed by atoms with E-state index in [0.29, 0.717) is 5.41 Å². The van der Waals surface area contributed by atoms with Crippen LogP contribution >= 0.6 is 0 Å². The Bertz CT molecular complexity index is 306. The summed E-state index contributed by atoms with van der Waals surface area (Å²) in [5.41, 5.74) is 2.28. The molecule has 0 aromatic rings. The molecule has 2 rings (SSSR count). The molecule has 1 aliphatic heterocycles. The van der Waals surface area contributed by atoms with Crippen molar-refractivity contribution in [2.24, 2.45) is 5.41 Å². The molecule has 2 N–H and O–H groups in total. The third kappa shape index (κ3) is 3.52. The summed E-state index contributed by atoms with van der Waals surface area (Å²) < 4.78 is 31.7. The average Bonchev–Trinajstić information content (AvgIpc) is 2.68. The lowest BCUT2D eigenvalue weighted by Crippen LogP contribution is -2.21. The molecule has 1 aliphatic carbocycles. The molecule has 3 nitrogen and oxygen atoms in total. The number of rotatable bonds is 1. The van der Waals surface area contributed by atoms with Crippen LogP contribution in [0, 0.1) is 5.41 Å². The molecule has 1 heterocycles. The van der Waals surface area contributed by atoms with Crippen molar-refractivity contribution < 1.29 is 23.1 Å². The van der Waals surface area contributed by atoms with Gasteiger partial charge in [0, 0.05) is 13.1 Å². The van der Waals surface area contributed by atoms with Gasteiger partial charge in [0.25, 0.3) is 0 Å². The van der Waals surface area contributed by atoms with E-state index in [1.807, 2.05) is 0 Å². The molecule has 0 saturated heterocycles. The monoisotopic (exact) mass is 237 g/mol. The molecule has 0 radical (unpaired) electrons. The highest BCUT2D eigenvalue weighted by Crippen LogP contribution is 2.51. The molecule has 0 aromatic carbocycles. The first-order valence-electron chi connectivity index (χ1n) is 4.96. The molecule has 0 spiro atoms. The first-order valence-corrected chi connectivity index (χ1v) is 4.96. The number of alkyl halides is 3. The van der Waals surface area contributed by atoms with E-state index in [1.54, 1.807) is 5.57 Å². The molecule has 0 aromatic heterocycles. The molecule has 92 valence electrons. The summed E-state index contributed by atoms with van der Waals surface area (Å²) in [6.07, 6.45) is 0.105. The summed E-state index contributed by atoms with van der Waals surface area (Å²) in [5.74, 6) is -2.76. The second kappa shape index (κ2) is 4.45. The van der Waals surface area contributed by atoms with Crippen LogP contribution in [0.15, 0.2) is 11.6 Å². The van der Waals surface area contributed by atoms with Gasteiger partial charge in [-0.1, -0.05) is 18.6 Å². The Morgan fingerprint density at radius 1 is 1.50 bits per heavy atom. The molecule has 0 amide bonds. The first kappa shape index (κ1) is 13.0. The van der Waals surface area contributed by atoms with Crippen LogP contribution < -0.4 is 5.32 Å². The fourth-order valence-corrected chi connectivity index (χ4v) is 1.44. The second-order valence-electron chi connectivity index (χ2n) is 4.22. The van der Waals surface area contributed by atoms with Gasteiger partial charge >= 0.3 is 12.1 Å². The Labute approximate surface area is 91.3 Å². The number of halogens is 3. The molecule has 1 saturated carbocycles. The third-order valence-electron chi connectivity index (χ3n) is 2.83. The third-order valence-corrected chi connectivity index (χ3v) is 2.83. The molecular formula is C10H14F3NO2. The molecule has 0 unspecified atom stereocenters. The predicted molar refractivity (Wildman–Crippen MR) is 52.0 cm³/mol. The Hall–Kier alpha value is -1.04. The molecule has 1 fully saturated rings. The van der Waals surface area contributed by atoms with E-state index in [2.05, 4.69) is 18.3 Å². The van der Waals surface area contributed by atoms with Crippen molar-refractivity contribution in [3.05, 3.63) is 11.6 Å². The van der Waals surface area contributed by atoms with Gasteiger partial charge in [0.15, 0.2) is 0 Å². The number of carboxylic acid groups (broad SMARTS) is 1. The highest BCUT2D eigenvalue weighted by molar-refractivity contribution is 5.73. The smallest absolute Gasteiger partial charge is 0.475 e. The number of nitrogens with one attached hydrogen (secondary N) is 1. The number of carboxylic acids is 1. The quantitative estimate of drug-likeness (QED) is 0.685. The van der Waals surface area contributed by atoms with Crippen molar-refractivity contribution in [1.29, 1.82) is 0 Å². The van der Waals surface area contributed by atoms with E-state index >= 15 is 0 Å². The molecule has 2 aliphatic rings. The zero-order chi connectivity index (χ0) is 12.4. The maximum absolute atomic E-state index is 10.6. The van der Waals surface area contributed by atoms with Gasteiger partial charge in [0.05, 0.1) is 0 Å². The summed E-state index contributed by atoms with van der Waals surface area (Å²) >= 11 is 0. The predicted octanol–water partition coefficient (Wildman–Crippen LogP) is 1.95. The van der Waals surface area contributed by atoms with Crippen molar-refractivity contribution in [3.8, 4) is 0 Å². The van der Waals surface area contributed by atoms with E-state index in [1.165, 1.54) is 12.8 Å². The van der Waals surface area contributed by atoms with Crippen LogP contribution in [0.25, 0.3) is 0 Å². The number of carbonyl (C=O) groups is 1. The summed E-state index contributed by atoms with van der Waals surface area (Å²) in [5, 5.41) is 10.5. The average molecular weight is 237 g/mol. The van der Waals surface area contributed by atoms with Gasteiger partial charge < -0.3 is 10.4 Å². The zero-order valence-corrected chi connectivity index (χ0v) is 8.90. The number of aliphatic carboxylic acids is 1. The topological polar surface area (TPSA) is 49.3 Å². The van der Waals surface area contributed by atoms with Gasteiger partial charge in [-0.3, -0.25) is 0 Å². The fraction of sp³-hybridized carbons (Fsp3) is 0.700. The van der Waals surface area contributed by atoms with Crippen LogP contribution in [-0.4, -0.2) is 30.3 Å². The Kier molecular flexibility index (Phi) is 3.62. The minimum absolute atomic E-state index is 0.628. The largest absolute Gasteiger partial charge is 0.490 e. The Morgan fingerprint density at radius 2 is 2.00 bits per heavy atom. The highest BCUT2D eigenvalue weighted by Gasteiger charge is 2.41. The number of hydrogen-bond acceptors (Lipinski definition) is 2. The molecule has 0 bridgehead atoms. The van der Waals surface area contributed by atoms with Crippen LogP contribution in [-0.2, 0) is 4.79 Å². The van der Waals surface area contributed by atoms with Crippen LogP contribution in [0.4, 0.5) is 13.2 Å². The van der Waals surface area contributed by atoms with Gasteiger partial charge in [0.1, 0.15) is 0 Å². The molecule has 0 atom stereocenters. The lowest BCUT2D eigenvalue weighted by molar-refractivity contribution is -0.192. The first-order chi connectivity index (χ1) is 7.26. The van der Waals surface area contributed by atoms with E-state index in [9.17, 15) is 13.2 Å². The lowest BCUT2D eigenvalue weighted by atomic mass is 10.00. The van der Waals surface area contributed by atoms with Gasteiger partial charge in [0.2, 0.25) is 0 Å². The standard InChI is InChI=1S/C8H13N.C2HF3O2/c1-8(3-4-8)7-2-5-9-6-7;3-2(4,5)1(6)7/h2,9H,3-6H2,1H3;(H,6,7). The maximum Gasteiger partial charge on any atom is 0.490 e. The van der Waals surface area contributed by atoms with Gasteiger partial charge in [-0.05, 0) is 18.3 Å². The Morgan fingerprint density at radius 3 is 2.25 bits per heavy atom. The summed E-state index contributed by atoms with van der Waals surface area (Å²) in [4.78, 5) is 8.90. The van der Waals surface area contributed by atoms with E-state index in [0.717, 1.165) is 13.1 Å². The second-order valence-corrected chi connectivity index (χ2v) is 4.22. The SMILES string of the molecule is CC1(C2=CCNC2)CC1.O=C(O)C(F)(F)F. The Balaban J connectivity index is 0.000000168. The molecule has 6 heteroatoms. The van der Waals surface area contributed by atoms with Crippen LogP contribution in [0.1, 0.15) is 19.8 Å². The van der Waals surface area contributed by atoms with Crippen LogP contribution in [0.2, 0.25) is 0 Å². The maximum atomic E-state index is 10.6. The fourth-order valence-electron chi connectivity index (χ4n) is 1.44. The minimum atomic E-state index is -5.08. The zero-order valence-electron chi connectivity index (χ0n) is 8.90. The van der Waals surface area contributed by atoms with Crippen LogP contribution in [0.5, 0.6) is 0 Å². The van der Waals surface area contributed by atoms with Crippen LogP contribution in [0.3, 0.4) is 0 Å². The molecular weight excluding hydrogens is 223 g/mol. The lowest BCUT2D eigenvalue weighted by Gasteiger charge is -2.07. The van der Waals surface area contributed by atoms with Crippen molar-refractivity contribution in [2.75, 3.05) is 13.1 Å². The van der Waals surface area contributed by atoms with Gasteiger partial charge in [-0.25, -0.2) is 4.79 Å². The molecule has 16 heavy (non-hydrogen) atoms. The summed E-state index contributed by atoms with van der Waals surface area (Å²) in [6.45, 7) is 4.62. The normalized spacial score (nSPS) is 21.9. The van der Waals surface area contributed by atoms with Gasteiger partial charge in [-0.2, -0.15) is 13.2 Å². The van der Waals surface area contributed by atoms with E-state index in [-0.39, 0.29) is 0 Å². The summed E-state index contributed by atoms with van der Waals surface area (Å²) in [7, 11) is 0. The van der Waals surface area contributed by atoms with Crippen molar-refractivity contribution in [3.63, 3.8) is 0 Å². The highest BCUT2D eigenvalue weighted by atomic mass is 19.4. The number of hydrogen-bond donors (Lipinski definition) is 2. The van der Waals surface area contributed by atoms with Gasteiger partial charge in [-0.15, -0.1) is 0 Å². The van der Waals surface area contributed by atoms with E-state index < -0.39 is 12.1 Å². The summed E-state index contributed by atoms with van der Waals surface area (Å²) in [6, 6.07) is 0. The van der Waals surface area contributed by atoms with Crippen molar-refractivity contribution in [1.82, 2.24) is 5.32 Å². The van der Waals surface area contributed by atoms with E-state index in [4.69, 9.17) is 9.90 Å². The van der Waals surface area contributed by atoms with Crippen molar-refractivity contribution >= 4 is 5.97 Å². The van der Waals surface area contributed by atoms with Crippen molar-refractivity contribution in [2.45, 2.75) is 25.9 Å².